The van der Waals surface area contributed by atoms with Crippen molar-refractivity contribution in [3.8, 4) is 0 Å². The van der Waals surface area contributed by atoms with E-state index in [4.69, 9.17) is 10.2 Å². The highest BCUT2D eigenvalue weighted by molar-refractivity contribution is 5.91. The van der Waals surface area contributed by atoms with Crippen molar-refractivity contribution < 1.29 is 9.21 Å². The van der Waals surface area contributed by atoms with Crippen molar-refractivity contribution in [1.29, 1.82) is 0 Å². The second kappa shape index (κ2) is 7.79. The average Bonchev–Trinajstić information content (AvgIpc) is 2.86. The van der Waals surface area contributed by atoms with E-state index in [1.165, 1.54) is 12.8 Å². The first-order valence-corrected chi connectivity index (χ1v) is 8.34. The van der Waals surface area contributed by atoms with E-state index >= 15 is 0 Å². The zero-order valence-electron chi connectivity index (χ0n) is 14.1. The largest absolute Gasteiger partial charge is 0.456 e. The third-order valence-corrected chi connectivity index (χ3v) is 4.39. The quantitative estimate of drug-likeness (QED) is 0.876. The van der Waals surface area contributed by atoms with E-state index in [-0.39, 0.29) is 11.9 Å². The lowest BCUT2D eigenvalue weighted by atomic mass is 10.1. The van der Waals surface area contributed by atoms with E-state index in [9.17, 15) is 4.79 Å². The number of nitrogens with zero attached hydrogens (tertiary/aromatic N) is 2. The van der Waals surface area contributed by atoms with Gasteiger partial charge in [0, 0.05) is 31.2 Å². The van der Waals surface area contributed by atoms with E-state index < -0.39 is 0 Å². The van der Waals surface area contributed by atoms with Crippen molar-refractivity contribution in [2.24, 2.45) is 5.73 Å². The summed E-state index contributed by atoms with van der Waals surface area (Å²) in [5.74, 6) is 1.31. The molecule has 2 rings (SSSR count). The summed E-state index contributed by atoms with van der Waals surface area (Å²) in [6.07, 6.45) is 4.12. The molecule has 0 aromatic carbocycles. The van der Waals surface area contributed by atoms with Crippen LogP contribution in [0, 0.1) is 6.92 Å². The number of piperidine rings is 1. The predicted octanol–water partition coefficient (Wildman–Crippen LogP) is 2.38. The molecule has 1 fully saturated rings. The Labute approximate surface area is 133 Å². The molecule has 0 saturated carbocycles. The maximum atomic E-state index is 12.5. The molecule has 0 radical (unpaired) electrons. The number of aryl methyl sites for hydroxylation is 1. The van der Waals surface area contributed by atoms with Gasteiger partial charge in [-0.2, -0.15) is 0 Å². The predicted molar refractivity (Wildman–Crippen MR) is 87.8 cm³/mol. The zero-order chi connectivity index (χ0) is 16.1. The molecule has 0 aliphatic carbocycles. The number of rotatable bonds is 6. The first-order valence-electron chi connectivity index (χ1n) is 8.34. The third kappa shape index (κ3) is 4.34. The minimum absolute atomic E-state index is 0.00235. The van der Waals surface area contributed by atoms with Crippen LogP contribution in [0.4, 0.5) is 0 Å². The molecule has 5 heteroatoms. The van der Waals surface area contributed by atoms with E-state index in [0.29, 0.717) is 5.76 Å². The fourth-order valence-corrected chi connectivity index (χ4v) is 2.84. The van der Waals surface area contributed by atoms with Crippen molar-refractivity contribution in [2.75, 3.05) is 26.7 Å². The lowest BCUT2D eigenvalue weighted by Crippen LogP contribution is -2.42. The van der Waals surface area contributed by atoms with Crippen LogP contribution in [0.1, 0.15) is 54.5 Å². The van der Waals surface area contributed by atoms with Gasteiger partial charge in [0.05, 0.1) is 0 Å². The van der Waals surface area contributed by atoms with E-state index in [1.54, 1.807) is 0 Å². The molecule has 1 aromatic heterocycles. The molecular weight excluding hydrogens is 278 g/mol. The van der Waals surface area contributed by atoms with E-state index in [1.807, 2.05) is 17.9 Å². The van der Waals surface area contributed by atoms with Gasteiger partial charge in [0.25, 0.3) is 5.91 Å². The number of carbonyl (C=O) groups is 1. The molecule has 5 nitrogen and oxygen atoms in total. The number of likely N-dealkylation sites (tertiary alicyclic amines) is 1. The number of furan rings is 1. The van der Waals surface area contributed by atoms with Crippen molar-refractivity contribution in [1.82, 2.24) is 9.80 Å². The standard InChI is InChI=1S/C17H29N3O2/c1-4-5-8-19(3)12-14-11-16(22-13(14)2)17(21)20-9-6-15(18)7-10-20/h11,15H,4-10,12,18H2,1-3H3. The second-order valence-electron chi connectivity index (χ2n) is 6.41. The summed E-state index contributed by atoms with van der Waals surface area (Å²) in [4.78, 5) is 16.6. The zero-order valence-corrected chi connectivity index (χ0v) is 14.1. The van der Waals surface area contributed by atoms with Crippen LogP contribution < -0.4 is 5.73 Å². The van der Waals surface area contributed by atoms with Crippen molar-refractivity contribution in [3.63, 3.8) is 0 Å². The SMILES string of the molecule is CCCCN(C)Cc1cc(C(=O)N2CCC(N)CC2)oc1C. The number of nitrogens with two attached hydrogens (primary N) is 1. The molecule has 1 aliphatic heterocycles. The minimum Gasteiger partial charge on any atom is -0.456 e. The highest BCUT2D eigenvalue weighted by Gasteiger charge is 2.24. The summed E-state index contributed by atoms with van der Waals surface area (Å²) >= 11 is 0. The van der Waals surface area contributed by atoms with Crippen LogP contribution in [0.15, 0.2) is 10.5 Å². The molecule has 1 amide bonds. The topological polar surface area (TPSA) is 62.7 Å². The Hall–Kier alpha value is -1.33. The van der Waals surface area contributed by atoms with E-state index in [2.05, 4.69) is 18.9 Å². The molecule has 1 aliphatic rings. The molecule has 1 aromatic rings. The third-order valence-electron chi connectivity index (χ3n) is 4.39. The monoisotopic (exact) mass is 307 g/mol. The smallest absolute Gasteiger partial charge is 0.289 e. The fraction of sp³-hybridized carbons (Fsp3) is 0.706. The van der Waals surface area contributed by atoms with Gasteiger partial charge in [0.2, 0.25) is 0 Å². The van der Waals surface area contributed by atoms with Gasteiger partial charge in [-0.25, -0.2) is 0 Å². The summed E-state index contributed by atoms with van der Waals surface area (Å²) in [6, 6.07) is 2.14. The first-order chi connectivity index (χ1) is 10.5. The molecular formula is C17H29N3O2. The summed E-state index contributed by atoms with van der Waals surface area (Å²) in [5.41, 5.74) is 7.00. The Morgan fingerprint density at radius 1 is 1.45 bits per heavy atom. The van der Waals surface area contributed by atoms with Gasteiger partial charge >= 0.3 is 0 Å². The van der Waals surface area contributed by atoms with Crippen molar-refractivity contribution in [2.45, 2.75) is 52.1 Å². The van der Waals surface area contributed by atoms with Crippen LogP contribution in [0.25, 0.3) is 0 Å². The molecule has 0 atom stereocenters. The summed E-state index contributed by atoms with van der Waals surface area (Å²) < 4.78 is 5.71. The van der Waals surface area contributed by atoms with Crippen molar-refractivity contribution >= 4 is 5.91 Å². The van der Waals surface area contributed by atoms with Crippen LogP contribution in [-0.4, -0.2) is 48.4 Å². The lowest BCUT2D eigenvalue weighted by molar-refractivity contribution is 0.0681. The molecule has 0 bridgehead atoms. The van der Waals surface area contributed by atoms with Gasteiger partial charge in [0.15, 0.2) is 5.76 Å². The van der Waals surface area contributed by atoms with E-state index in [0.717, 1.165) is 50.3 Å². The number of hydrogen-bond donors (Lipinski definition) is 1. The van der Waals surface area contributed by atoms with Gasteiger partial charge < -0.3 is 20.0 Å². The Bertz CT molecular complexity index is 490. The molecule has 124 valence electrons. The summed E-state index contributed by atoms with van der Waals surface area (Å²) in [6.45, 7) is 7.48. The van der Waals surface area contributed by atoms with Gasteiger partial charge in [0.1, 0.15) is 5.76 Å². The van der Waals surface area contributed by atoms with Crippen LogP contribution in [0.3, 0.4) is 0 Å². The molecule has 22 heavy (non-hydrogen) atoms. The highest BCUT2D eigenvalue weighted by atomic mass is 16.4. The Morgan fingerprint density at radius 3 is 2.77 bits per heavy atom. The summed E-state index contributed by atoms with van der Waals surface area (Å²) in [7, 11) is 2.11. The average molecular weight is 307 g/mol. The van der Waals surface area contributed by atoms with Crippen LogP contribution in [0.5, 0.6) is 0 Å². The summed E-state index contributed by atoms with van der Waals surface area (Å²) in [5, 5.41) is 0. The Balaban J connectivity index is 1.98. The Morgan fingerprint density at radius 2 is 2.14 bits per heavy atom. The van der Waals surface area contributed by atoms with Gasteiger partial charge in [-0.1, -0.05) is 13.3 Å². The number of amides is 1. The normalized spacial score (nSPS) is 16.5. The molecule has 2 heterocycles. The molecule has 0 spiro atoms. The number of hydrogen-bond acceptors (Lipinski definition) is 4. The van der Waals surface area contributed by atoms with Crippen LogP contribution >= 0.6 is 0 Å². The molecule has 2 N–H and O–H groups in total. The highest BCUT2D eigenvalue weighted by Crippen LogP contribution is 2.20. The number of unbranched alkanes of at least 4 members (excludes halogenated alkanes) is 1. The van der Waals surface area contributed by atoms with Gasteiger partial charge in [-0.05, 0) is 45.8 Å². The first kappa shape index (κ1) is 17.0. The minimum atomic E-state index is -0.00235. The van der Waals surface area contributed by atoms with Crippen molar-refractivity contribution in [3.05, 3.63) is 23.2 Å². The molecule has 0 unspecified atom stereocenters. The van der Waals surface area contributed by atoms with Crippen LogP contribution in [0.2, 0.25) is 0 Å². The number of carbonyl (C=O) groups excluding carboxylic acids is 1. The fourth-order valence-electron chi connectivity index (χ4n) is 2.84. The second-order valence-corrected chi connectivity index (χ2v) is 6.41. The van der Waals surface area contributed by atoms with Crippen LogP contribution in [-0.2, 0) is 6.54 Å². The maximum absolute atomic E-state index is 12.5. The maximum Gasteiger partial charge on any atom is 0.289 e. The van der Waals surface area contributed by atoms with Gasteiger partial charge in [-0.15, -0.1) is 0 Å². The lowest BCUT2D eigenvalue weighted by Gasteiger charge is -2.29. The Kier molecular flexibility index (Phi) is 6.03. The van der Waals surface area contributed by atoms with Gasteiger partial charge in [-0.3, -0.25) is 4.79 Å². The molecule has 1 saturated heterocycles.